The lowest BCUT2D eigenvalue weighted by atomic mass is 9.84. The number of allylic oxidation sites excluding steroid dienone is 2. The molecule has 1 aromatic rings. The Labute approximate surface area is 136 Å². The summed E-state index contributed by atoms with van der Waals surface area (Å²) in [6.07, 6.45) is 8.95. The smallest absolute Gasteiger partial charge is 0.130 e. The molecule has 0 atom stereocenters. The molecule has 122 valence electrons. The van der Waals surface area contributed by atoms with E-state index >= 15 is 0 Å². The van der Waals surface area contributed by atoms with Gasteiger partial charge in [-0.3, -0.25) is 0 Å². The summed E-state index contributed by atoms with van der Waals surface area (Å²) in [5.41, 5.74) is 4.46. The van der Waals surface area contributed by atoms with Gasteiger partial charge >= 0.3 is 0 Å². The number of hydrogen-bond acceptors (Lipinski definition) is 1. The molecule has 2 rings (SSSR count). The Morgan fingerprint density at radius 1 is 1.05 bits per heavy atom. The Morgan fingerprint density at radius 3 is 2.45 bits per heavy atom. The van der Waals surface area contributed by atoms with Gasteiger partial charge in [-0.15, -0.1) is 0 Å². The molecular formula is C21H32O. The molecule has 0 bridgehead atoms. The molecule has 0 aromatic heterocycles. The van der Waals surface area contributed by atoms with Crippen molar-refractivity contribution in [1.82, 2.24) is 0 Å². The fourth-order valence-electron chi connectivity index (χ4n) is 3.08. The van der Waals surface area contributed by atoms with Crippen molar-refractivity contribution in [2.75, 3.05) is 0 Å². The number of hydrogen-bond donors (Lipinski definition) is 0. The highest BCUT2D eigenvalue weighted by Gasteiger charge is 2.20. The molecule has 0 saturated carbocycles. The normalized spacial score (nSPS) is 14.8. The topological polar surface area (TPSA) is 9.23 Å². The molecule has 0 spiro atoms. The van der Waals surface area contributed by atoms with Gasteiger partial charge in [0, 0.05) is 6.42 Å². The summed E-state index contributed by atoms with van der Waals surface area (Å²) in [5.74, 6) is 2.19. The van der Waals surface area contributed by atoms with Crippen LogP contribution >= 0.6 is 0 Å². The molecule has 0 unspecified atom stereocenters. The molecule has 0 radical (unpaired) electrons. The first-order valence-electron chi connectivity index (χ1n) is 8.91. The van der Waals surface area contributed by atoms with Gasteiger partial charge in [0.05, 0.1) is 0 Å². The summed E-state index contributed by atoms with van der Waals surface area (Å²) in [7, 11) is 0. The number of ether oxygens (including phenoxy) is 1. The van der Waals surface area contributed by atoms with Gasteiger partial charge in [0.2, 0.25) is 0 Å². The van der Waals surface area contributed by atoms with E-state index in [1.165, 1.54) is 55.2 Å². The molecule has 0 amide bonds. The fourth-order valence-corrected chi connectivity index (χ4v) is 3.08. The first-order valence-corrected chi connectivity index (χ1v) is 8.91. The number of unbranched alkanes of at least 4 members (excludes halogenated alkanes) is 4. The number of fused-ring (bicyclic) bond motifs is 1. The molecule has 1 heterocycles. The molecular weight excluding hydrogens is 268 g/mol. The number of rotatable bonds is 6. The Balaban J connectivity index is 2.02. The third kappa shape index (κ3) is 4.38. The van der Waals surface area contributed by atoms with Crippen molar-refractivity contribution in [2.24, 2.45) is 0 Å². The van der Waals surface area contributed by atoms with Crippen molar-refractivity contribution < 1.29 is 4.74 Å². The van der Waals surface area contributed by atoms with E-state index < -0.39 is 0 Å². The summed E-state index contributed by atoms with van der Waals surface area (Å²) in [5, 5.41) is 0. The van der Waals surface area contributed by atoms with Crippen molar-refractivity contribution in [3.8, 4) is 5.75 Å². The predicted octanol–water partition coefficient (Wildman–Crippen LogP) is 6.55. The maximum absolute atomic E-state index is 6.07. The van der Waals surface area contributed by atoms with Crippen LogP contribution in [0.2, 0.25) is 0 Å². The lowest BCUT2D eigenvalue weighted by Gasteiger charge is -2.25. The predicted molar refractivity (Wildman–Crippen MR) is 95.6 cm³/mol. The van der Waals surface area contributed by atoms with Crippen molar-refractivity contribution in [1.29, 1.82) is 0 Å². The molecule has 0 aliphatic carbocycles. The molecule has 1 heteroatoms. The minimum atomic E-state index is 0.200. The van der Waals surface area contributed by atoms with Crippen LogP contribution in [-0.4, -0.2) is 0 Å². The van der Waals surface area contributed by atoms with Gasteiger partial charge in [0.1, 0.15) is 11.5 Å². The lowest BCUT2D eigenvalue weighted by molar-refractivity contribution is 0.397. The zero-order valence-corrected chi connectivity index (χ0v) is 15.1. The SMILES string of the molecule is CCCCCCCC1=C(C)Oc2ccc(C(C)(C)C)cc2C1. The van der Waals surface area contributed by atoms with Crippen LogP contribution in [0.3, 0.4) is 0 Å². The van der Waals surface area contributed by atoms with E-state index in [2.05, 4.69) is 52.8 Å². The molecule has 22 heavy (non-hydrogen) atoms. The van der Waals surface area contributed by atoms with Gasteiger partial charge in [-0.25, -0.2) is 0 Å². The zero-order chi connectivity index (χ0) is 16.2. The standard InChI is InChI=1S/C21H32O/c1-6-7-8-9-10-11-17-14-18-15-19(21(3,4)5)12-13-20(18)22-16(17)2/h12-13,15H,6-11,14H2,1-5H3. The van der Waals surface area contributed by atoms with Crippen molar-refractivity contribution in [3.63, 3.8) is 0 Å². The van der Waals surface area contributed by atoms with Crippen molar-refractivity contribution in [3.05, 3.63) is 40.7 Å². The van der Waals surface area contributed by atoms with E-state index in [0.29, 0.717) is 0 Å². The zero-order valence-electron chi connectivity index (χ0n) is 15.1. The number of benzene rings is 1. The molecule has 1 nitrogen and oxygen atoms in total. The van der Waals surface area contributed by atoms with Gasteiger partial charge in [0.25, 0.3) is 0 Å². The van der Waals surface area contributed by atoms with Crippen LogP contribution in [0.5, 0.6) is 5.75 Å². The Kier molecular flexibility index (Phi) is 5.72. The molecule has 1 aromatic carbocycles. The highest BCUT2D eigenvalue weighted by Crippen LogP contribution is 2.35. The van der Waals surface area contributed by atoms with Crippen LogP contribution in [0.1, 0.15) is 84.3 Å². The summed E-state index contributed by atoms with van der Waals surface area (Å²) < 4.78 is 6.07. The third-order valence-electron chi connectivity index (χ3n) is 4.67. The van der Waals surface area contributed by atoms with E-state index in [9.17, 15) is 0 Å². The summed E-state index contributed by atoms with van der Waals surface area (Å²) in [4.78, 5) is 0. The fraction of sp³-hybridized carbons (Fsp3) is 0.619. The Morgan fingerprint density at radius 2 is 1.77 bits per heavy atom. The highest BCUT2D eigenvalue weighted by atomic mass is 16.5. The molecule has 0 fully saturated rings. The maximum Gasteiger partial charge on any atom is 0.130 e. The average Bonchev–Trinajstić information content (AvgIpc) is 2.46. The third-order valence-corrected chi connectivity index (χ3v) is 4.67. The molecule has 0 saturated heterocycles. The van der Waals surface area contributed by atoms with E-state index in [-0.39, 0.29) is 5.41 Å². The average molecular weight is 300 g/mol. The van der Waals surface area contributed by atoms with Crippen LogP contribution in [-0.2, 0) is 11.8 Å². The van der Waals surface area contributed by atoms with Gasteiger partial charge in [-0.05, 0) is 47.9 Å². The lowest BCUT2D eigenvalue weighted by Crippen LogP contribution is -2.14. The highest BCUT2D eigenvalue weighted by molar-refractivity contribution is 5.45. The van der Waals surface area contributed by atoms with Crippen LogP contribution in [0.15, 0.2) is 29.5 Å². The first-order chi connectivity index (χ1) is 10.4. The second-order valence-corrected chi connectivity index (χ2v) is 7.68. The monoisotopic (exact) mass is 300 g/mol. The van der Waals surface area contributed by atoms with E-state index in [1.54, 1.807) is 0 Å². The summed E-state index contributed by atoms with van der Waals surface area (Å²) in [6, 6.07) is 6.71. The van der Waals surface area contributed by atoms with Crippen LogP contribution in [0.25, 0.3) is 0 Å². The van der Waals surface area contributed by atoms with Gasteiger partial charge in [-0.2, -0.15) is 0 Å². The Hall–Kier alpha value is -1.24. The second kappa shape index (κ2) is 7.35. The quantitative estimate of drug-likeness (QED) is 0.541. The minimum absolute atomic E-state index is 0.200. The second-order valence-electron chi connectivity index (χ2n) is 7.68. The summed E-state index contributed by atoms with van der Waals surface area (Å²) in [6.45, 7) is 11.2. The molecule has 1 aliphatic rings. The van der Waals surface area contributed by atoms with Gasteiger partial charge < -0.3 is 4.74 Å². The van der Waals surface area contributed by atoms with Crippen LogP contribution in [0.4, 0.5) is 0 Å². The van der Waals surface area contributed by atoms with E-state index in [1.807, 2.05) is 0 Å². The molecule has 1 aliphatic heterocycles. The van der Waals surface area contributed by atoms with Crippen molar-refractivity contribution >= 4 is 0 Å². The minimum Gasteiger partial charge on any atom is -0.462 e. The van der Waals surface area contributed by atoms with E-state index in [0.717, 1.165) is 17.9 Å². The Bertz CT molecular complexity index is 531. The molecule has 0 N–H and O–H groups in total. The van der Waals surface area contributed by atoms with Gasteiger partial charge in [0.15, 0.2) is 0 Å². The maximum atomic E-state index is 6.07. The largest absolute Gasteiger partial charge is 0.462 e. The summed E-state index contributed by atoms with van der Waals surface area (Å²) >= 11 is 0. The van der Waals surface area contributed by atoms with Gasteiger partial charge in [-0.1, -0.05) is 65.5 Å². The van der Waals surface area contributed by atoms with E-state index in [4.69, 9.17) is 4.74 Å². The van der Waals surface area contributed by atoms with Crippen LogP contribution < -0.4 is 4.74 Å². The first kappa shape index (κ1) is 17.1. The van der Waals surface area contributed by atoms with Crippen molar-refractivity contribution in [2.45, 2.75) is 85.0 Å². The van der Waals surface area contributed by atoms with Crippen LogP contribution in [0, 0.1) is 0 Å².